The third kappa shape index (κ3) is 2.96. The summed E-state index contributed by atoms with van der Waals surface area (Å²) in [5.74, 6) is -1.01. The van der Waals surface area contributed by atoms with Gasteiger partial charge in [-0.05, 0) is 39.0 Å². The second-order valence-corrected chi connectivity index (χ2v) is 6.01. The highest BCUT2D eigenvalue weighted by Gasteiger charge is 2.15. The molecule has 2 aromatic rings. The minimum absolute atomic E-state index is 0.155. The lowest BCUT2D eigenvalue weighted by atomic mass is 10.1. The first kappa shape index (κ1) is 14.5. The number of primary amides is 1. The van der Waals surface area contributed by atoms with Gasteiger partial charge in [0, 0.05) is 10.4 Å². The van der Waals surface area contributed by atoms with Gasteiger partial charge in [0.1, 0.15) is 5.82 Å². The van der Waals surface area contributed by atoms with Gasteiger partial charge in [0.05, 0.1) is 22.4 Å². The summed E-state index contributed by atoms with van der Waals surface area (Å²) in [7, 11) is 0. The molecule has 3 N–H and O–H groups in total. The van der Waals surface area contributed by atoms with E-state index in [-0.39, 0.29) is 17.3 Å². The van der Waals surface area contributed by atoms with Crippen LogP contribution in [0, 0.1) is 19.7 Å². The van der Waals surface area contributed by atoms with Gasteiger partial charge in [0.2, 0.25) is 5.91 Å². The van der Waals surface area contributed by atoms with Crippen LogP contribution < -0.4 is 11.1 Å². The molecule has 0 bridgehead atoms. The summed E-state index contributed by atoms with van der Waals surface area (Å²) in [6.07, 6.45) is 0. The molecule has 0 aliphatic rings. The normalized spacial score (nSPS) is 12.2. The number of nitrogens with one attached hydrogen (secondary N) is 1. The Morgan fingerprint density at radius 3 is 2.70 bits per heavy atom. The van der Waals surface area contributed by atoms with Crippen molar-refractivity contribution in [3.8, 4) is 0 Å². The van der Waals surface area contributed by atoms with Crippen molar-refractivity contribution < 1.29 is 9.18 Å². The maximum atomic E-state index is 13.8. The van der Waals surface area contributed by atoms with Gasteiger partial charge < -0.3 is 11.1 Å². The summed E-state index contributed by atoms with van der Waals surface area (Å²) in [5, 5.41) is 4.01. The Bertz CT molecular complexity index is 654. The quantitative estimate of drug-likeness (QED) is 0.909. The van der Waals surface area contributed by atoms with E-state index >= 15 is 0 Å². The van der Waals surface area contributed by atoms with Gasteiger partial charge in [-0.1, -0.05) is 0 Å². The number of halogens is 1. The lowest BCUT2D eigenvalue weighted by Gasteiger charge is -2.15. The van der Waals surface area contributed by atoms with E-state index < -0.39 is 11.7 Å². The number of benzene rings is 1. The Balaban J connectivity index is 2.27. The van der Waals surface area contributed by atoms with Crippen molar-refractivity contribution in [3.63, 3.8) is 0 Å². The molecule has 0 aliphatic heterocycles. The van der Waals surface area contributed by atoms with Gasteiger partial charge in [-0.25, -0.2) is 9.37 Å². The number of aromatic nitrogens is 1. The minimum atomic E-state index is -0.582. The summed E-state index contributed by atoms with van der Waals surface area (Å²) in [6.45, 7) is 5.81. The van der Waals surface area contributed by atoms with Crippen molar-refractivity contribution in [1.82, 2.24) is 4.98 Å². The molecular formula is C14H16FN3OS. The lowest BCUT2D eigenvalue weighted by molar-refractivity contribution is 0.100. The number of nitrogens with zero attached hydrogens (tertiary/aromatic N) is 1. The highest BCUT2D eigenvalue weighted by atomic mass is 32.1. The fraction of sp³-hybridized carbons (Fsp3) is 0.286. The van der Waals surface area contributed by atoms with Gasteiger partial charge in [-0.2, -0.15) is 0 Å². The van der Waals surface area contributed by atoms with Crippen LogP contribution in [0.15, 0.2) is 18.2 Å². The fourth-order valence-corrected chi connectivity index (χ4v) is 2.95. The van der Waals surface area contributed by atoms with E-state index in [0.29, 0.717) is 0 Å². The standard InChI is InChI=1S/C14H16FN3OS/c1-7(13-8(2)20-9(3)18-13)17-12-6-10(14(16)19)4-5-11(12)15/h4-7,17H,1-3H3,(H2,16,19). The van der Waals surface area contributed by atoms with E-state index in [1.807, 2.05) is 20.8 Å². The van der Waals surface area contributed by atoms with Gasteiger partial charge in [-0.15, -0.1) is 11.3 Å². The highest BCUT2D eigenvalue weighted by Crippen LogP contribution is 2.27. The molecule has 0 aliphatic carbocycles. The van der Waals surface area contributed by atoms with Crippen molar-refractivity contribution >= 4 is 22.9 Å². The average molecular weight is 293 g/mol. The van der Waals surface area contributed by atoms with Crippen LogP contribution in [0.4, 0.5) is 10.1 Å². The van der Waals surface area contributed by atoms with Gasteiger partial charge in [-0.3, -0.25) is 4.79 Å². The van der Waals surface area contributed by atoms with Crippen molar-refractivity contribution in [2.24, 2.45) is 5.73 Å². The Labute approximate surface area is 120 Å². The number of aryl methyl sites for hydroxylation is 2. The number of rotatable bonds is 4. The third-order valence-corrected chi connectivity index (χ3v) is 3.87. The number of nitrogens with two attached hydrogens (primary N) is 1. The highest BCUT2D eigenvalue weighted by molar-refractivity contribution is 7.11. The van der Waals surface area contributed by atoms with Gasteiger partial charge >= 0.3 is 0 Å². The second kappa shape index (κ2) is 5.58. The number of thiazole rings is 1. The molecule has 6 heteroatoms. The largest absolute Gasteiger partial charge is 0.375 e. The maximum Gasteiger partial charge on any atom is 0.248 e. The second-order valence-electron chi connectivity index (χ2n) is 4.60. The van der Waals surface area contributed by atoms with Crippen LogP contribution in [0.1, 0.15) is 38.9 Å². The van der Waals surface area contributed by atoms with E-state index in [0.717, 1.165) is 15.6 Å². The topological polar surface area (TPSA) is 68.0 Å². The Morgan fingerprint density at radius 2 is 2.15 bits per heavy atom. The molecule has 1 atom stereocenters. The zero-order chi connectivity index (χ0) is 14.9. The summed E-state index contributed by atoms with van der Waals surface area (Å²) in [4.78, 5) is 16.7. The smallest absolute Gasteiger partial charge is 0.248 e. The summed E-state index contributed by atoms with van der Waals surface area (Å²) < 4.78 is 13.8. The summed E-state index contributed by atoms with van der Waals surface area (Å²) >= 11 is 1.60. The number of anilines is 1. The summed E-state index contributed by atoms with van der Waals surface area (Å²) in [5.41, 5.74) is 6.61. The molecule has 0 saturated heterocycles. The first-order chi connectivity index (χ1) is 9.38. The van der Waals surface area contributed by atoms with Crippen LogP contribution in [-0.4, -0.2) is 10.9 Å². The van der Waals surface area contributed by atoms with Crippen LogP contribution in [0.2, 0.25) is 0 Å². The first-order valence-corrected chi connectivity index (χ1v) is 7.00. The van der Waals surface area contributed by atoms with Gasteiger partial charge in [0.15, 0.2) is 0 Å². The Morgan fingerprint density at radius 1 is 1.45 bits per heavy atom. The van der Waals surface area contributed by atoms with Crippen molar-refractivity contribution in [2.75, 3.05) is 5.32 Å². The molecule has 0 spiro atoms. The van der Waals surface area contributed by atoms with E-state index in [9.17, 15) is 9.18 Å². The number of hydrogen-bond donors (Lipinski definition) is 2. The summed E-state index contributed by atoms with van der Waals surface area (Å²) in [6, 6.07) is 3.86. The van der Waals surface area contributed by atoms with Crippen molar-refractivity contribution in [1.29, 1.82) is 0 Å². The van der Waals surface area contributed by atoms with E-state index in [1.165, 1.54) is 18.2 Å². The molecule has 1 heterocycles. The first-order valence-electron chi connectivity index (χ1n) is 6.18. The molecule has 1 aromatic heterocycles. The fourth-order valence-electron chi connectivity index (χ4n) is 2.04. The lowest BCUT2D eigenvalue weighted by Crippen LogP contribution is -2.13. The van der Waals surface area contributed by atoms with Crippen LogP contribution in [0.3, 0.4) is 0 Å². The van der Waals surface area contributed by atoms with Crippen molar-refractivity contribution in [3.05, 3.63) is 45.2 Å². The van der Waals surface area contributed by atoms with E-state index in [4.69, 9.17) is 5.73 Å². The van der Waals surface area contributed by atoms with E-state index in [2.05, 4.69) is 10.3 Å². The maximum absolute atomic E-state index is 13.8. The number of amides is 1. The zero-order valence-electron chi connectivity index (χ0n) is 11.5. The monoisotopic (exact) mass is 293 g/mol. The SMILES string of the molecule is Cc1nc(C(C)Nc2cc(C(N)=O)ccc2F)c(C)s1. The minimum Gasteiger partial charge on any atom is -0.375 e. The molecular weight excluding hydrogens is 277 g/mol. The molecule has 20 heavy (non-hydrogen) atoms. The molecule has 4 nitrogen and oxygen atoms in total. The molecule has 1 aromatic carbocycles. The van der Waals surface area contributed by atoms with Crippen molar-refractivity contribution in [2.45, 2.75) is 26.8 Å². The van der Waals surface area contributed by atoms with Crippen LogP contribution >= 0.6 is 11.3 Å². The number of carbonyl (C=O) groups is 1. The Kier molecular flexibility index (Phi) is 4.04. The third-order valence-electron chi connectivity index (χ3n) is 2.97. The van der Waals surface area contributed by atoms with Gasteiger partial charge in [0.25, 0.3) is 0 Å². The Hall–Kier alpha value is -1.95. The van der Waals surface area contributed by atoms with Crippen LogP contribution in [0.25, 0.3) is 0 Å². The number of carbonyl (C=O) groups excluding carboxylic acids is 1. The molecule has 1 unspecified atom stereocenters. The molecule has 0 radical (unpaired) electrons. The molecule has 0 fully saturated rings. The molecule has 0 saturated carbocycles. The van der Waals surface area contributed by atoms with Crippen LogP contribution in [0.5, 0.6) is 0 Å². The number of hydrogen-bond acceptors (Lipinski definition) is 4. The zero-order valence-corrected chi connectivity index (χ0v) is 12.3. The molecule has 2 rings (SSSR count). The van der Waals surface area contributed by atoms with E-state index in [1.54, 1.807) is 11.3 Å². The van der Waals surface area contributed by atoms with Crippen LogP contribution in [-0.2, 0) is 0 Å². The average Bonchev–Trinajstić information content (AvgIpc) is 2.71. The predicted octanol–water partition coefficient (Wildman–Crippen LogP) is 3.17. The molecule has 1 amide bonds. The molecule has 106 valence electrons. The predicted molar refractivity (Wildman–Crippen MR) is 78.5 cm³/mol.